The Hall–Kier alpha value is -0.174. The van der Waals surface area contributed by atoms with Gasteiger partial charge in [0, 0.05) is 51.4 Å². The van der Waals surface area contributed by atoms with E-state index in [1.165, 1.54) is 10.9 Å². The molecule has 0 aliphatic carbocycles. The fraction of sp³-hybridized carbons (Fsp3) is 0.500. The fourth-order valence-electron chi connectivity index (χ4n) is 2.14. The summed E-state index contributed by atoms with van der Waals surface area (Å²) in [4.78, 5) is 11.5. The van der Waals surface area contributed by atoms with Gasteiger partial charge in [-0.15, -0.1) is 0 Å². The van der Waals surface area contributed by atoms with E-state index in [2.05, 4.69) is 15.0 Å². The number of fused-ring (bicyclic) bond motifs is 1. The molecule has 0 bridgehead atoms. The van der Waals surface area contributed by atoms with Crippen LogP contribution in [-0.2, 0) is 4.74 Å². The Morgan fingerprint density at radius 3 is 2.60 bits per heavy atom. The molecule has 1 saturated heterocycles. The van der Waals surface area contributed by atoms with E-state index in [-0.39, 0.29) is 68.4 Å². The molecule has 4 N–H and O–H groups in total. The number of aromatic hydroxyl groups is 1. The molecule has 2 aromatic rings. The molecule has 0 saturated carbocycles. The summed E-state index contributed by atoms with van der Waals surface area (Å²) < 4.78 is 6.73. The second kappa shape index (κ2) is 6.30. The molecule has 20 heavy (non-hydrogen) atoms. The van der Waals surface area contributed by atoms with Gasteiger partial charge in [0.25, 0.3) is 0 Å². The van der Waals surface area contributed by atoms with Gasteiger partial charge in [-0.05, 0) is 0 Å². The third-order valence-electron chi connectivity index (χ3n) is 3.13. The van der Waals surface area contributed by atoms with Crippen molar-refractivity contribution in [3.8, 4) is 5.88 Å². The van der Waals surface area contributed by atoms with Crippen LogP contribution >= 0.6 is 0 Å². The van der Waals surface area contributed by atoms with Crippen LogP contribution < -0.4 is 0 Å². The molecule has 3 rings (SSSR count). The van der Waals surface area contributed by atoms with Gasteiger partial charge in [-0.2, -0.15) is 4.98 Å². The molecule has 10 heteroatoms. The average Bonchev–Trinajstić information content (AvgIpc) is 2.94. The van der Waals surface area contributed by atoms with E-state index in [1.54, 1.807) is 0 Å². The van der Waals surface area contributed by atoms with E-state index >= 15 is 0 Å². The minimum atomic E-state index is -1.23. The standard InChI is InChI=1S/C10H12N4O5.K/c15-1-4-6(16)7(17)10(19-4)14-3-13-5-8(14)11-2-12-9(5)18;/h2-4,6-7,10,15-17H,1H2,(H,11,12,18);/t4-,6-,7-,10-;/m1./s1. The monoisotopic (exact) mass is 307 g/mol. The maximum absolute atomic E-state index is 9.92. The number of rotatable bonds is 2. The van der Waals surface area contributed by atoms with Crippen LogP contribution in [0.4, 0.5) is 0 Å². The quantitative estimate of drug-likeness (QED) is 0.458. The van der Waals surface area contributed by atoms with E-state index in [4.69, 9.17) is 9.84 Å². The van der Waals surface area contributed by atoms with Crippen molar-refractivity contribution >= 4 is 62.5 Å². The summed E-state index contributed by atoms with van der Waals surface area (Å²) >= 11 is 0. The molecule has 3 heterocycles. The average molecular weight is 307 g/mol. The molecule has 0 unspecified atom stereocenters. The van der Waals surface area contributed by atoms with Gasteiger partial charge in [0.05, 0.1) is 12.9 Å². The number of hydrogen-bond donors (Lipinski definition) is 4. The molecule has 1 aliphatic rings. The maximum Gasteiger partial charge on any atom is 0.242 e. The van der Waals surface area contributed by atoms with Crippen LogP contribution in [0.3, 0.4) is 0 Å². The first kappa shape index (κ1) is 16.2. The molecule has 0 spiro atoms. The van der Waals surface area contributed by atoms with Crippen molar-refractivity contribution < 1.29 is 25.2 Å². The molecule has 2 aromatic heterocycles. The first-order chi connectivity index (χ1) is 9.13. The molecule has 1 aliphatic heterocycles. The summed E-state index contributed by atoms with van der Waals surface area (Å²) in [7, 11) is 0. The van der Waals surface area contributed by atoms with Crippen molar-refractivity contribution in [2.75, 3.05) is 6.61 Å². The van der Waals surface area contributed by atoms with Gasteiger partial charge in [-0.25, -0.2) is 9.97 Å². The molecule has 4 atom stereocenters. The summed E-state index contributed by atoms with van der Waals surface area (Å²) in [5, 5.41) is 38.2. The summed E-state index contributed by atoms with van der Waals surface area (Å²) in [5.41, 5.74) is 0.433. The Labute approximate surface area is 155 Å². The number of hydrogen-bond acceptors (Lipinski definition) is 8. The third-order valence-corrected chi connectivity index (χ3v) is 3.13. The van der Waals surface area contributed by atoms with Crippen molar-refractivity contribution in [3.05, 3.63) is 12.7 Å². The molecular weight excluding hydrogens is 295 g/mol. The SMILES string of the molecule is OC[C@H]1O[C@@H](n2cnc3c(O)ncnc32)[C@H](O)[C@@H]1O.[K]. The van der Waals surface area contributed by atoms with Gasteiger partial charge < -0.3 is 25.2 Å². The van der Waals surface area contributed by atoms with Crippen molar-refractivity contribution in [3.63, 3.8) is 0 Å². The largest absolute Gasteiger partial charge is 0.492 e. The summed E-state index contributed by atoms with van der Waals surface area (Å²) in [6.07, 6.45) is -1.79. The number of nitrogens with zero attached hydrogens (tertiary/aromatic N) is 4. The molecule has 0 aromatic carbocycles. The number of aliphatic hydroxyl groups excluding tert-OH is 3. The van der Waals surface area contributed by atoms with Crippen LogP contribution in [-0.4, -0.2) is 116 Å². The Kier molecular flexibility index (Phi) is 5.10. The van der Waals surface area contributed by atoms with Crippen molar-refractivity contribution in [2.24, 2.45) is 0 Å². The summed E-state index contributed by atoms with van der Waals surface area (Å²) in [6.45, 7) is -0.415. The number of aromatic nitrogens is 4. The minimum Gasteiger partial charge on any atom is -0.492 e. The summed E-state index contributed by atoms with van der Waals surface area (Å²) in [6, 6.07) is 0. The van der Waals surface area contributed by atoms with Gasteiger partial charge >= 0.3 is 0 Å². The Morgan fingerprint density at radius 2 is 1.95 bits per heavy atom. The van der Waals surface area contributed by atoms with Crippen LogP contribution in [0.1, 0.15) is 6.23 Å². The predicted octanol–water partition coefficient (Wildman–Crippen LogP) is -2.24. The van der Waals surface area contributed by atoms with Crippen molar-refractivity contribution in [1.29, 1.82) is 0 Å². The van der Waals surface area contributed by atoms with Crippen molar-refractivity contribution in [2.45, 2.75) is 24.5 Å². The Balaban J connectivity index is 0.00000147. The molecule has 0 amide bonds. The predicted molar refractivity (Wildman–Crippen MR) is 65.8 cm³/mol. The van der Waals surface area contributed by atoms with Gasteiger partial charge in [0.2, 0.25) is 5.88 Å². The Bertz CT molecular complexity index is 608. The smallest absolute Gasteiger partial charge is 0.242 e. The minimum absolute atomic E-state index is 0. The van der Waals surface area contributed by atoms with Gasteiger partial charge in [0.15, 0.2) is 17.4 Å². The molecule has 9 nitrogen and oxygen atoms in total. The maximum atomic E-state index is 9.92. The van der Waals surface area contributed by atoms with Gasteiger partial charge in [-0.1, -0.05) is 0 Å². The van der Waals surface area contributed by atoms with Crippen LogP contribution in [0.15, 0.2) is 12.7 Å². The van der Waals surface area contributed by atoms with Crippen LogP contribution in [0, 0.1) is 0 Å². The summed E-state index contributed by atoms with van der Waals surface area (Å²) in [5.74, 6) is -0.282. The van der Waals surface area contributed by atoms with E-state index in [9.17, 15) is 15.3 Å². The second-order valence-electron chi connectivity index (χ2n) is 4.25. The first-order valence-corrected chi connectivity index (χ1v) is 5.62. The zero-order valence-electron chi connectivity index (χ0n) is 10.7. The molecular formula is C10H12KN4O5. The normalized spacial score (nSPS) is 29.6. The first-order valence-electron chi connectivity index (χ1n) is 5.62. The van der Waals surface area contributed by atoms with Crippen LogP contribution in [0.2, 0.25) is 0 Å². The van der Waals surface area contributed by atoms with E-state index in [0.717, 1.165) is 6.33 Å². The number of ether oxygens (including phenoxy) is 1. The van der Waals surface area contributed by atoms with Gasteiger partial charge in [-0.3, -0.25) is 4.57 Å². The second-order valence-corrected chi connectivity index (χ2v) is 4.25. The van der Waals surface area contributed by atoms with E-state index < -0.39 is 31.1 Å². The zero-order valence-corrected chi connectivity index (χ0v) is 13.8. The topological polar surface area (TPSA) is 134 Å². The van der Waals surface area contributed by atoms with Crippen molar-refractivity contribution in [1.82, 2.24) is 19.5 Å². The van der Waals surface area contributed by atoms with Gasteiger partial charge in [0.1, 0.15) is 24.6 Å². The molecule has 1 radical (unpaired) electrons. The zero-order chi connectivity index (χ0) is 13.6. The molecule has 103 valence electrons. The van der Waals surface area contributed by atoms with Crippen LogP contribution in [0.25, 0.3) is 11.2 Å². The number of imidazole rings is 1. The number of aliphatic hydroxyl groups is 3. The van der Waals surface area contributed by atoms with E-state index in [0.29, 0.717) is 0 Å². The van der Waals surface area contributed by atoms with E-state index in [1.807, 2.05) is 0 Å². The molecule has 1 fully saturated rings. The third kappa shape index (κ3) is 2.51. The fourth-order valence-corrected chi connectivity index (χ4v) is 2.14. The van der Waals surface area contributed by atoms with Crippen LogP contribution in [0.5, 0.6) is 5.88 Å². The Morgan fingerprint density at radius 1 is 1.20 bits per heavy atom.